The summed E-state index contributed by atoms with van der Waals surface area (Å²) in [7, 11) is 3.15. The molecule has 0 fully saturated rings. The van der Waals surface area contributed by atoms with Crippen LogP contribution in [0.1, 0.15) is 0 Å². The second-order valence-electron chi connectivity index (χ2n) is 6.39. The predicted octanol–water partition coefficient (Wildman–Crippen LogP) is 7.56. The van der Waals surface area contributed by atoms with Gasteiger partial charge < -0.3 is 19.5 Å². The van der Waals surface area contributed by atoms with Crippen LogP contribution in [0.25, 0.3) is 10.9 Å². The third kappa shape index (κ3) is 5.05. The van der Waals surface area contributed by atoms with Crippen molar-refractivity contribution in [1.29, 1.82) is 0 Å². The summed E-state index contributed by atoms with van der Waals surface area (Å²) in [4.78, 5) is 8.66. The number of nitrogens with one attached hydrogen (secondary N) is 1. The lowest BCUT2D eigenvalue weighted by molar-refractivity contribution is 0.356. The Morgan fingerprint density at radius 1 is 0.750 bits per heavy atom. The molecule has 0 aliphatic heterocycles. The molecule has 1 aromatic heterocycles. The predicted molar refractivity (Wildman–Crippen MR) is 131 cm³/mol. The van der Waals surface area contributed by atoms with Crippen molar-refractivity contribution in [1.82, 2.24) is 9.97 Å². The number of rotatable bonds is 6. The lowest BCUT2D eigenvalue weighted by atomic mass is 10.2. The summed E-state index contributed by atoms with van der Waals surface area (Å²) in [6.07, 6.45) is 1.47. The molecule has 32 heavy (non-hydrogen) atoms. The van der Waals surface area contributed by atoms with Gasteiger partial charge in [0.05, 0.1) is 29.8 Å². The van der Waals surface area contributed by atoms with Crippen LogP contribution in [0.15, 0.2) is 54.9 Å². The van der Waals surface area contributed by atoms with Crippen molar-refractivity contribution in [2.75, 3.05) is 19.5 Å². The molecule has 0 unspecified atom stereocenters. The number of anilines is 2. The third-order valence-electron chi connectivity index (χ3n) is 4.45. The van der Waals surface area contributed by atoms with E-state index in [2.05, 4.69) is 15.3 Å². The van der Waals surface area contributed by atoms with E-state index < -0.39 is 0 Å². The number of aromatic nitrogens is 2. The van der Waals surface area contributed by atoms with E-state index in [-0.39, 0.29) is 12.4 Å². The minimum Gasteiger partial charge on any atom is -0.493 e. The van der Waals surface area contributed by atoms with Crippen LogP contribution in [0.4, 0.5) is 11.5 Å². The number of hydrogen-bond acceptors (Lipinski definition) is 6. The van der Waals surface area contributed by atoms with Crippen molar-refractivity contribution in [2.24, 2.45) is 0 Å². The first kappa shape index (κ1) is 24.0. The molecule has 0 bridgehead atoms. The van der Waals surface area contributed by atoms with Crippen molar-refractivity contribution < 1.29 is 14.2 Å². The van der Waals surface area contributed by atoms with Crippen LogP contribution in [0.5, 0.6) is 23.0 Å². The van der Waals surface area contributed by atoms with Gasteiger partial charge in [0.1, 0.15) is 23.6 Å². The molecule has 1 N–H and O–H groups in total. The van der Waals surface area contributed by atoms with Crippen LogP contribution in [-0.4, -0.2) is 24.2 Å². The zero-order valence-electron chi connectivity index (χ0n) is 16.9. The van der Waals surface area contributed by atoms with Crippen molar-refractivity contribution in [3.05, 3.63) is 69.9 Å². The molecule has 4 aromatic rings. The van der Waals surface area contributed by atoms with Crippen LogP contribution < -0.4 is 19.5 Å². The summed E-state index contributed by atoms with van der Waals surface area (Å²) in [5.41, 5.74) is 1.42. The largest absolute Gasteiger partial charge is 0.493 e. The van der Waals surface area contributed by atoms with E-state index in [1.807, 2.05) is 12.1 Å². The Morgan fingerprint density at radius 2 is 1.41 bits per heavy atom. The summed E-state index contributed by atoms with van der Waals surface area (Å²) in [5, 5.41) is 5.33. The zero-order valence-corrected chi connectivity index (χ0v) is 19.9. The normalized spacial score (nSPS) is 10.4. The average molecular weight is 513 g/mol. The van der Waals surface area contributed by atoms with Gasteiger partial charge in [0.15, 0.2) is 11.5 Å². The minimum atomic E-state index is 0. The molecule has 4 rings (SSSR count). The molecule has 0 aliphatic carbocycles. The summed E-state index contributed by atoms with van der Waals surface area (Å²) in [5.74, 6) is 2.67. The molecule has 0 radical (unpaired) electrons. The van der Waals surface area contributed by atoms with E-state index in [4.69, 9.17) is 49.0 Å². The van der Waals surface area contributed by atoms with Gasteiger partial charge in [-0.2, -0.15) is 0 Å². The maximum atomic E-state index is 6.43. The molecule has 0 saturated heterocycles. The summed E-state index contributed by atoms with van der Waals surface area (Å²) in [6, 6.07) is 13.9. The highest BCUT2D eigenvalue weighted by molar-refractivity contribution is 6.35. The van der Waals surface area contributed by atoms with Gasteiger partial charge in [-0.3, -0.25) is 0 Å². The Kier molecular flexibility index (Phi) is 7.74. The van der Waals surface area contributed by atoms with E-state index in [0.717, 1.165) is 5.39 Å². The lowest BCUT2D eigenvalue weighted by Crippen LogP contribution is -1.98. The van der Waals surface area contributed by atoms with Crippen LogP contribution in [0.3, 0.4) is 0 Å². The van der Waals surface area contributed by atoms with Crippen molar-refractivity contribution in [2.45, 2.75) is 0 Å². The minimum absolute atomic E-state index is 0. The Hall–Kier alpha value is -2.64. The molecule has 3 aromatic carbocycles. The Morgan fingerprint density at radius 3 is 2.06 bits per heavy atom. The molecule has 0 saturated carbocycles. The second-order valence-corrected chi connectivity index (χ2v) is 7.64. The monoisotopic (exact) mass is 511 g/mol. The Labute approximate surface area is 205 Å². The van der Waals surface area contributed by atoms with E-state index in [1.165, 1.54) is 6.33 Å². The quantitative estimate of drug-likeness (QED) is 0.287. The van der Waals surface area contributed by atoms with Crippen molar-refractivity contribution in [3.8, 4) is 23.0 Å². The topological polar surface area (TPSA) is 65.5 Å². The van der Waals surface area contributed by atoms with Crippen LogP contribution in [0, 0.1) is 0 Å². The average Bonchev–Trinajstić information content (AvgIpc) is 2.76. The van der Waals surface area contributed by atoms with E-state index >= 15 is 0 Å². The van der Waals surface area contributed by atoms with E-state index in [0.29, 0.717) is 55.1 Å². The molecule has 0 aliphatic rings. The molecule has 0 atom stereocenters. The number of hydrogen-bond donors (Lipinski definition) is 1. The molecule has 1 heterocycles. The highest BCUT2D eigenvalue weighted by Crippen LogP contribution is 2.38. The van der Waals surface area contributed by atoms with E-state index in [9.17, 15) is 0 Å². The number of ether oxygens (including phenoxy) is 3. The first-order valence-electron chi connectivity index (χ1n) is 9.04. The molecular weight excluding hydrogens is 496 g/mol. The molecule has 0 amide bonds. The molecule has 10 heteroatoms. The highest BCUT2D eigenvalue weighted by atomic mass is 35.5. The number of fused-ring (bicyclic) bond motifs is 1. The number of methoxy groups -OCH3 is 2. The van der Waals surface area contributed by atoms with Gasteiger partial charge in [0.25, 0.3) is 0 Å². The van der Waals surface area contributed by atoms with Gasteiger partial charge in [-0.05, 0) is 42.5 Å². The van der Waals surface area contributed by atoms with Gasteiger partial charge in [-0.1, -0.05) is 34.8 Å². The van der Waals surface area contributed by atoms with Crippen LogP contribution in [0.2, 0.25) is 15.1 Å². The second kappa shape index (κ2) is 10.3. The van der Waals surface area contributed by atoms with Gasteiger partial charge in [-0.25, -0.2) is 9.97 Å². The molecule has 0 spiro atoms. The fourth-order valence-electron chi connectivity index (χ4n) is 2.96. The fraction of sp³-hybridized carbons (Fsp3) is 0.0909. The van der Waals surface area contributed by atoms with Gasteiger partial charge in [0.2, 0.25) is 0 Å². The maximum absolute atomic E-state index is 6.43. The summed E-state index contributed by atoms with van der Waals surface area (Å²) >= 11 is 18.5. The number of benzene rings is 3. The fourth-order valence-corrected chi connectivity index (χ4v) is 3.62. The lowest BCUT2D eigenvalue weighted by Gasteiger charge is -2.13. The summed E-state index contributed by atoms with van der Waals surface area (Å²) < 4.78 is 16.6. The van der Waals surface area contributed by atoms with Crippen LogP contribution in [-0.2, 0) is 0 Å². The first-order chi connectivity index (χ1) is 15.0. The van der Waals surface area contributed by atoms with Crippen LogP contribution >= 0.6 is 47.2 Å². The molecule has 6 nitrogen and oxygen atoms in total. The van der Waals surface area contributed by atoms with Gasteiger partial charge in [0, 0.05) is 22.2 Å². The Bertz CT molecular complexity index is 1270. The highest BCUT2D eigenvalue weighted by Gasteiger charge is 2.13. The molecular formula is C22H17Cl4N3O3. The van der Waals surface area contributed by atoms with Gasteiger partial charge in [-0.15, -0.1) is 12.4 Å². The van der Waals surface area contributed by atoms with Crippen molar-refractivity contribution in [3.63, 3.8) is 0 Å². The SMILES string of the molecule is COc1cc2ncnc(Nc3ccc(Oc4ccc(Cl)cc4Cl)c(Cl)c3)c2cc1OC.Cl. The summed E-state index contributed by atoms with van der Waals surface area (Å²) in [6.45, 7) is 0. The van der Waals surface area contributed by atoms with Crippen molar-refractivity contribution >= 4 is 69.6 Å². The standard InChI is InChI=1S/C22H16Cl3N3O3.ClH/c1-29-20-9-14-17(10-21(20)30-2)26-11-27-22(14)28-13-4-6-19(16(25)8-13)31-18-5-3-12(23)7-15(18)24;/h3-11H,1-2H3,(H,26,27,28);1H. The number of nitrogens with zero attached hydrogens (tertiary/aromatic N) is 2. The smallest absolute Gasteiger partial charge is 0.162 e. The first-order valence-corrected chi connectivity index (χ1v) is 10.2. The third-order valence-corrected chi connectivity index (χ3v) is 5.27. The van der Waals surface area contributed by atoms with Gasteiger partial charge >= 0.3 is 0 Å². The van der Waals surface area contributed by atoms with E-state index in [1.54, 1.807) is 50.6 Å². The Balaban J connectivity index is 0.00000289. The zero-order chi connectivity index (χ0) is 22.0. The maximum Gasteiger partial charge on any atom is 0.162 e. The number of halogens is 4. The molecule has 166 valence electrons.